The van der Waals surface area contributed by atoms with Crippen molar-refractivity contribution < 1.29 is 9.90 Å². The van der Waals surface area contributed by atoms with Gasteiger partial charge in [0, 0.05) is 17.3 Å². The fourth-order valence-corrected chi connectivity index (χ4v) is 2.21. The molecule has 0 fully saturated rings. The Balaban J connectivity index is 2.63. The third-order valence-corrected chi connectivity index (χ3v) is 3.13. The van der Waals surface area contributed by atoms with E-state index < -0.39 is 0 Å². The van der Waals surface area contributed by atoms with Crippen molar-refractivity contribution in [2.75, 3.05) is 17.3 Å². The summed E-state index contributed by atoms with van der Waals surface area (Å²) in [6.07, 6.45) is 0. The first-order valence-electron chi connectivity index (χ1n) is 5.76. The Morgan fingerprint density at radius 1 is 1.22 bits per heavy atom. The lowest BCUT2D eigenvalue weighted by atomic mass is 10.1. The van der Waals surface area contributed by atoms with E-state index in [9.17, 15) is 9.90 Å². The molecule has 0 atom stereocenters. The average molecular weight is 264 g/mol. The molecule has 0 bridgehead atoms. The Morgan fingerprint density at radius 3 is 2.56 bits per heavy atom. The van der Waals surface area contributed by atoms with Gasteiger partial charge in [-0.05, 0) is 19.1 Å². The Labute approximate surface area is 111 Å². The molecule has 0 spiro atoms. The summed E-state index contributed by atoms with van der Waals surface area (Å²) in [5.41, 5.74) is 0.775. The first kappa shape index (κ1) is 12.7. The lowest BCUT2D eigenvalue weighted by Gasteiger charge is -2.22. The zero-order valence-electron chi connectivity index (χ0n) is 10.1. The Morgan fingerprint density at radius 2 is 1.89 bits per heavy atom. The van der Waals surface area contributed by atoms with E-state index in [-0.39, 0.29) is 17.5 Å². The molecular formula is C14H14ClNO2. The highest BCUT2D eigenvalue weighted by atomic mass is 35.5. The zero-order valence-corrected chi connectivity index (χ0v) is 10.8. The Bertz CT molecular complexity index is 583. The van der Waals surface area contributed by atoms with Crippen molar-refractivity contribution in [1.82, 2.24) is 0 Å². The molecule has 3 nitrogen and oxygen atoms in total. The second-order valence-corrected chi connectivity index (χ2v) is 4.19. The Kier molecular flexibility index (Phi) is 3.72. The van der Waals surface area contributed by atoms with Gasteiger partial charge in [0.1, 0.15) is 11.6 Å². The van der Waals surface area contributed by atoms with Crippen LogP contribution in [0.5, 0.6) is 5.75 Å². The SMILES string of the molecule is CCN(C(=O)CCl)c1cccc2c(O)cccc12. The minimum atomic E-state index is -0.144. The third-order valence-electron chi connectivity index (χ3n) is 2.90. The molecular weight excluding hydrogens is 250 g/mol. The maximum absolute atomic E-state index is 11.8. The molecule has 0 saturated carbocycles. The molecule has 18 heavy (non-hydrogen) atoms. The average Bonchev–Trinajstić information content (AvgIpc) is 2.40. The number of alkyl halides is 1. The van der Waals surface area contributed by atoms with Gasteiger partial charge in [-0.3, -0.25) is 4.79 Å². The summed E-state index contributed by atoms with van der Waals surface area (Å²) >= 11 is 5.62. The molecule has 0 radical (unpaired) electrons. The highest BCUT2D eigenvalue weighted by molar-refractivity contribution is 6.29. The fraction of sp³-hybridized carbons (Fsp3) is 0.214. The van der Waals surface area contributed by atoms with Crippen molar-refractivity contribution in [3.8, 4) is 5.75 Å². The van der Waals surface area contributed by atoms with E-state index in [0.29, 0.717) is 6.54 Å². The highest BCUT2D eigenvalue weighted by Gasteiger charge is 2.15. The van der Waals surface area contributed by atoms with Gasteiger partial charge in [-0.1, -0.05) is 24.3 Å². The maximum Gasteiger partial charge on any atom is 0.241 e. The maximum atomic E-state index is 11.8. The molecule has 0 aliphatic carbocycles. The minimum absolute atomic E-state index is 0.0525. The number of hydrogen-bond acceptors (Lipinski definition) is 2. The van der Waals surface area contributed by atoms with Crippen molar-refractivity contribution in [3.63, 3.8) is 0 Å². The minimum Gasteiger partial charge on any atom is -0.507 e. The van der Waals surface area contributed by atoms with Crippen LogP contribution in [0, 0.1) is 0 Å². The van der Waals surface area contributed by atoms with Crippen molar-refractivity contribution in [2.45, 2.75) is 6.92 Å². The van der Waals surface area contributed by atoms with Crippen LogP contribution in [-0.2, 0) is 4.79 Å². The van der Waals surface area contributed by atoms with Crippen LogP contribution >= 0.6 is 11.6 Å². The van der Waals surface area contributed by atoms with Gasteiger partial charge < -0.3 is 10.0 Å². The summed E-state index contributed by atoms with van der Waals surface area (Å²) in [6.45, 7) is 2.44. The predicted octanol–water partition coefficient (Wildman–Crippen LogP) is 3.14. The molecule has 0 aromatic heterocycles. The van der Waals surface area contributed by atoms with Crippen LogP contribution < -0.4 is 4.90 Å². The van der Waals surface area contributed by atoms with Crippen molar-refractivity contribution >= 4 is 34.0 Å². The number of carbonyl (C=O) groups excluding carboxylic acids is 1. The molecule has 0 aliphatic rings. The molecule has 0 aliphatic heterocycles. The Hall–Kier alpha value is -1.74. The van der Waals surface area contributed by atoms with E-state index in [1.807, 2.05) is 31.2 Å². The van der Waals surface area contributed by atoms with Gasteiger partial charge in [-0.25, -0.2) is 0 Å². The fourth-order valence-electron chi connectivity index (χ4n) is 2.07. The molecule has 2 rings (SSSR count). The smallest absolute Gasteiger partial charge is 0.241 e. The first-order chi connectivity index (χ1) is 8.69. The summed E-state index contributed by atoms with van der Waals surface area (Å²) in [5.74, 6) is 0.0157. The van der Waals surface area contributed by atoms with Crippen LogP contribution in [0.25, 0.3) is 10.8 Å². The van der Waals surface area contributed by atoms with Gasteiger partial charge in [0.2, 0.25) is 5.91 Å². The van der Waals surface area contributed by atoms with Gasteiger partial charge in [0.05, 0.1) is 5.69 Å². The van der Waals surface area contributed by atoms with Gasteiger partial charge in [-0.15, -0.1) is 11.6 Å². The van der Waals surface area contributed by atoms with Gasteiger partial charge in [-0.2, -0.15) is 0 Å². The molecule has 0 heterocycles. The number of phenols is 1. The first-order valence-corrected chi connectivity index (χ1v) is 6.29. The normalized spacial score (nSPS) is 10.6. The molecule has 94 valence electrons. The second kappa shape index (κ2) is 5.27. The number of benzene rings is 2. The van der Waals surface area contributed by atoms with Crippen LogP contribution in [0.3, 0.4) is 0 Å². The summed E-state index contributed by atoms with van der Waals surface area (Å²) in [7, 11) is 0. The van der Waals surface area contributed by atoms with Crippen molar-refractivity contribution in [3.05, 3.63) is 36.4 Å². The van der Waals surface area contributed by atoms with Gasteiger partial charge in [0.25, 0.3) is 0 Å². The molecule has 2 aromatic carbocycles. The molecule has 0 unspecified atom stereocenters. The van der Waals surface area contributed by atoms with Crippen LogP contribution in [0.15, 0.2) is 36.4 Å². The molecule has 0 saturated heterocycles. The highest BCUT2D eigenvalue weighted by Crippen LogP contribution is 2.32. The predicted molar refractivity (Wildman–Crippen MR) is 74.4 cm³/mol. The van der Waals surface area contributed by atoms with Crippen molar-refractivity contribution in [2.24, 2.45) is 0 Å². The summed E-state index contributed by atoms with van der Waals surface area (Å²) in [4.78, 5) is 13.4. The number of phenolic OH excluding ortho intramolecular Hbond substituents is 1. The number of carbonyl (C=O) groups is 1. The summed E-state index contributed by atoms with van der Waals surface area (Å²) in [6, 6.07) is 10.8. The van der Waals surface area contributed by atoms with E-state index in [1.165, 1.54) is 0 Å². The van der Waals surface area contributed by atoms with E-state index in [1.54, 1.807) is 17.0 Å². The standard InChI is InChI=1S/C14H14ClNO2/c1-2-16(14(18)9-15)12-7-3-6-11-10(12)5-4-8-13(11)17/h3-8,17H,2,9H2,1H3. The number of fused-ring (bicyclic) bond motifs is 1. The van der Waals surface area contributed by atoms with Gasteiger partial charge in [0.15, 0.2) is 0 Å². The molecule has 2 aromatic rings. The molecule has 1 N–H and O–H groups in total. The monoisotopic (exact) mass is 263 g/mol. The van der Waals surface area contributed by atoms with E-state index in [4.69, 9.17) is 11.6 Å². The number of aromatic hydroxyl groups is 1. The molecule has 4 heteroatoms. The van der Waals surface area contributed by atoms with E-state index in [2.05, 4.69) is 0 Å². The number of nitrogens with zero attached hydrogens (tertiary/aromatic N) is 1. The van der Waals surface area contributed by atoms with E-state index >= 15 is 0 Å². The topological polar surface area (TPSA) is 40.5 Å². The van der Waals surface area contributed by atoms with Crippen LogP contribution in [-0.4, -0.2) is 23.4 Å². The van der Waals surface area contributed by atoms with Crippen LogP contribution in [0.4, 0.5) is 5.69 Å². The lowest BCUT2D eigenvalue weighted by Crippen LogP contribution is -2.31. The van der Waals surface area contributed by atoms with E-state index in [0.717, 1.165) is 16.5 Å². The number of hydrogen-bond donors (Lipinski definition) is 1. The number of anilines is 1. The van der Waals surface area contributed by atoms with Crippen LogP contribution in [0.2, 0.25) is 0 Å². The summed E-state index contributed by atoms with van der Waals surface area (Å²) < 4.78 is 0. The third kappa shape index (κ3) is 2.14. The van der Waals surface area contributed by atoms with Crippen molar-refractivity contribution in [1.29, 1.82) is 0 Å². The second-order valence-electron chi connectivity index (χ2n) is 3.92. The lowest BCUT2D eigenvalue weighted by molar-refractivity contribution is -0.116. The number of amides is 1. The zero-order chi connectivity index (χ0) is 13.1. The quantitative estimate of drug-likeness (QED) is 0.865. The van der Waals surface area contributed by atoms with Crippen LogP contribution in [0.1, 0.15) is 6.92 Å². The largest absolute Gasteiger partial charge is 0.507 e. The number of halogens is 1. The number of rotatable bonds is 3. The van der Waals surface area contributed by atoms with Gasteiger partial charge >= 0.3 is 0 Å². The summed E-state index contributed by atoms with van der Waals surface area (Å²) in [5, 5.41) is 11.4. The molecule has 1 amide bonds.